The summed E-state index contributed by atoms with van der Waals surface area (Å²) in [5.74, 6) is 0. The molecule has 1 nitrogen and oxygen atoms in total. The largest absolute Gasteiger partial charge is 0.246 e. The fourth-order valence-electron chi connectivity index (χ4n) is 1.44. The molecule has 0 spiro atoms. The number of thiazole rings is 1. The molecule has 2 aromatic rings. The summed E-state index contributed by atoms with van der Waals surface area (Å²) in [6.45, 7) is 4.19. The molecule has 1 aromatic heterocycles. The van der Waals surface area contributed by atoms with Crippen LogP contribution in [0.3, 0.4) is 0 Å². The average Bonchev–Trinajstić information content (AvgIpc) is 2.45. The number of hydrogen-bond acceptors (Lipinski definition) is 2. The van der Waals surface area contributed by atoms with Crippen LogP contribution in [0.1, 0.15) is 21.1 Å². The summed E-state index contributed by atoms with van der Waals surface area (Å²) in [7, 11) is 0. The Labute approximate surface area is 102 Å². The summed E-state index contributed by atoms with van der Waals surface area (Å²) in [5, 5.41) is 1.20. The topological polar surface area (TPSA) is 12.9 Å². The summed E-state index contributed by atoms with van der Waals surface area (Å²) >= 11 is 5.27. The predicted octanol–water partition coefficient (Wildman–Crippen LogP) is 4.11. The van der Waals surface area contributed by atoms with E-state index in [0.29, 0.717) is 0 Å². The van der Waals surface area contributed by atoms with Crippen LogP contribution in [0.5, 0.6) is 0 Å². The van der Waals surface area contributed by atoms with E-state index in [9.17, 15) is 0 Å². The highest BCUT2D eigenvalue weighted by molar-refractivity contribution is 9.10. The molecule has 15 heavy (non-hydrogen) atoms. The maximum atomic E-state index is 4.54. The van der Waals surface area contributed by atoms with Gasteiger partial charge in [-0.15, -0.1) is 11.3 Å². The van der Waals surface area contributed by atoms with Gasteiger partial charge in [0.05, 0.1) is 10.7 Å². The number of aryl methyl sites for hydroxylation is 2. The Hall–Kier alpha value is -0.670. The van der Waals surface area contributed by atoms with Gasteiger partial charge in [-0.05, 0) is 31.5 Å². The fourth-order valence-corrected chi connectivity index (χ4v) is 2.85. The van der Waals surface area contributed by atoms with Crippen LogP contribution < -0.4 is 0 Å². The molecule has 0 amide bonds. The molecular formula is C12H12BrNS. The van der Waals surface area contributed by atoms with Crippen LogP contribution in [-0.4, -0.2) is 4.98 Å². The van der Waals surface area contributed by atoms with Gasteiger partial charge in [-0.1, -0.05) is 28.1 Å². The van der Waals surface area contributed by atoms with Gasteiger partial charge in [0.2, 0.25) is 0 Å². The first kappa shape index (κ1) is 10.8. The van der Waals surface area contributed by atoms with Gasteiger partial charge >= 0.3 is 0 Å². The number of aromatic nitrogens is 1. The van der Waals surface area contributed by atoms with Crippen molar-refractivity contribution in [1.29, 1.82) is 0 Å². The lowest BCUT2D eigenvalue weighted by Crippen LogP contribution is -1.86. The average molecular weight is 282 g/mol. The molecule has 1 aromatic carbocycles. The molecule has 0 aliphatic carbocycles. The lowest BCUT2D eigenvalue weighted by atomic mass is 10.2. The molecule has 78 valence electrons. The Morgan fingerprint density at radius 2 is 2.13 bits per heavy atom. The Kier molecular flexibility index (Phi) is 3.22. The standard InChI is InChI=1S/C12H12BrNS/c1-8-9(2)15-12(14-8)7-10-4-3-5-11(13)6-10/h3-6H,7H2,1-2H3. The number of halogens is 1. The second-order valence-electron chi connectivity index (χ2n) is 3.56. The van der Waals surface area contributed by atoms with E-state index in [0.717, 1.165) is 16.6 Å². The maximum absolute atomic E-state index is 4.54. The molecular weight excluding hydrogens is 270 g/mol. The minimum Gasteiger partial charge on any atom is -0.246 e. The summed E-state index contributed by atoms with van der Waals surface area (Å²) in [5.41, 5.74) is 2.46. The molecule has 0 aliphatic rings. The zero-order valence-electron chi connectivity index (χ0n) is 8.75. The minimum absolute atomic E-state index is 0.929. The molecule has 2 rings (SSSR count). The van der Waals surface area contributed by atoms with Gasteiger partial charge in [-0.3, -0.25) is 0 Å². The third-order valence-electron chi connectivity index (χ3n) is 2.32. The Bertz CT molecular complexity index is 457. The zero-order chi connectivity index (χ0) is 10.8. The molecule has 0 atom stereocenters. The normalized spacial score (nSPS) is 10.6. The van der Waals surface area contributed by atoms with E-state index < -0.39 is 0 Å². The number of benzene rings is 1. The van der Waals surface area contributed by atoms with Gasteiger partial charge in [-0.25, -0.2) is 4.98 Å². The first-order chi connectivity index (χ1) is 7.15. The number of nitrogens with zero attached hydrogens (tertiary/aromatic N) is 1. The highest BCUT2D eigenvalue weighted by Crippen LogP contribution is 2.21. The van der Waals surface area contributed by atoms with E-state index in [1.807, 2.05) is 6.07 Å². The lowest BCUT2D eigenvalue weighted by molar-refractivity contribution is 1.09. The molecule has 0 saturated carbocycles. The van der Waals surface area contributed by atoms with Crippen molar-refractivity contribution in [2.75, 3.05) is 0 Å². The highest BCUT2D eigenvalue weighted by Gasteiger charge is 2.04. The smallest absolute Gasteiger partial charge is 0.0974 e. The number of hydrogen-bond donors (Lipinski definition) is 0. The minimum atomic E-state index is 0.929. The van der Waals surface area contributed by atoms with Crippen LogP contribution in [0.4, 0.5) is 0 Å². The summed E-state index contributed by atoms with van der Waals surface area (Å²) in [6.07, 6.45) is 0.929. The first-order valence-electron chi connectivity index (χ1n) is 4.82. The van der Waals surface area contributed by atoms with Crippen molar-refractivity contribution in [3.63, 3.8) is 0 Å². The molecule has 0 saturated heterocycles. The van der Waals surface area contributed by atoms with E-state index >= 15 is 0 Å². The summed E-state index contributed by atoms with van der Waals surface area (Å²) in [6, 6.07) is 8.39. The van der Waals surface area contributed by atoms with Gasteiger partial charge in [-0.2, -0.15) is 0 Å². The summed E-state index contributed by atoms with van der Waals surface area (Å²) in [4.78, 5) is 5.86. The van der Waals surface area contributed by atoms with Crippen molar-refractivity contribution >= 4 is 27.3 Å². The van der Waals surface area contributed by atoms with Crippen molar-refractivity contribution in [1.82, 2.24) is 4.98 Å². The summed E-state index contributed by atoms with van der Waals surface area (Å²) < 4.78 is 1.13. The molecule has 0 unspecified atom stereocenters. The van der Waals surface area contributed by atoms with E-state index in [1.54, 1.807) is 11.3 Å². The molecule has 0 aliphatic heterocycles. The van der Waals surface area contributed by atoms with Crippen molar-refractivity contribution < 1.29 is 0 Å². The van der Waals surface area contributed by atoms with Crippen LogP contribution in [0.25, 0.3) is 0 Å². The van der Waals surface area contributed by atoms with E-state index in [1.165, 1.54) is 15.4 Å². The van der Waals surface area contributed by atoms with Gasteiger partial charge in [0.25, 0.3) is 0 Å². The monoisotopic (exact) mass is 281 g/mol. The second-order valence-corrected chi connectivity index (χ2v) is 5.76. The fraction of sp³-hybridized carbons (Fsp3) is 0.250. The third kappa shape index (κ3) is 2.67. The van der Waals surface area contributed by atoms with Crippen LogP contribution in [0.2, 0.25) is 0 Å². The predicted molar refractivity (Wildman–Crippen MR) is 68.5 cm³/mol. The third-order valence-corrected chi connectivity index (χ3v) is 3.88. The van der Waals surface area contributed by atoms with Crippen LogP contribution in [-0.2, 0) is 6.42 Å². The molecule has 3 heteroatoms. The van der Waals surface area contributed by atoms with Crippen LogP contribution in [0, 0.1) is 13.8 Å². The highest BCUT2D eigenvalue weighted by atomic mass is 79.9. The first-order valence-corrected chi connectivity index (χ1v) is 6.43. The number of rotatable bonds is 2. The van der Waals surface area contributed by atoms with E-state index in [-0.39, 0.29) is 0 Å². The van der Waals surface area contributed by atoms with Crippen LogP contribution >= 0.6 is 27.3 Å². The zero-order valence-corrected chi connectivity index (χ0v) is 11.2. The van der Waals surface area contributed by atoms with Gasteiger partial charge < -0.3 is 0 Å². The van der Waals surface area contributed by atoms with Crippen molar-refractivity contribution in [2.24, 2.45) is 0 Å². The molecule has 0 bridgehead atoms. The molecule has 0 radical (unpaired) electrons. The van der Waals surface area contributed by atoms with Gasteiger partial charge in [0.15, 0.2) is 0 Å². The molecule has 1 heterocycles. The lowest BCUT2D eigenvalue weighted by Gasteiger charge is -1.98. The molecule has 0 N–H and O–H groups in total. The van der Waals surface area contributed by atoms with Gasteiger partial charge in [0, 0.05) is 15.8 Å². The van der Waals surface area contributed by atoms with Crippen LogP contribution in [0.15, 0.2) is 28.7 Å². The quantitative estimate of drug-likeness (QED) is 0.807. The molecule has 0 fully saturated rings. The Morgan fingerprint density at radius 1 is 1.33 bits per heavy atom. The van der Waals surface area contributed by atoms with Gasteiger partial charge in [0.1, 0.15) is 0 Å². The van der Waals surface area contributed by atoms with Crippen molar-refractivity contribution in [3.05, 3.63) is 49.9 Å². The SMILES string of the molecule is Cc1nc(Cc2cccc(Br)c2)sc1C. The Morgan fingerprint density at radius 3 is 2.73 bits per heavy atom. The second kappa shape index (κ2) is 4.45. The Balaban J connectivity index is 2.22. The van der Waals surface area contributed by atoms with E-state index in [4.69, 9.17) is 0 Å². The maximum Gasteiger partial charge on any atom is 0.0974 e. The van der Waals surface area contributed by atoms with Crippen molar-refractivity contribution in [2.45, 2.75) is 20.3 Å². The van der Waals surface area contributed by atoms with E-state index in [2.05, 4.69) is 53.0 Å². The van der Waals surface area contributed by atoms with Crippen molar-refractivity contribution in [3.8, 4) is 0 Å².